The minimum atomic E-state index is -1.00. The normalized spacial score (nSPS) is 40.6. The largest absolute Gasteiger partial charge is 0.427 e. The summed E-state index contributed by atoms with van der Waals surface area (Å²) in [5.41, 5.74) is 4.69. The standard InChI is InChI=1S/C62H76N4O9S2/c1-3-61(18-4-5-19-61)46-12-10-40-26-44-41-16-20-62(55(44)54-52(40)57(46)75-59(54)72)47-13-11-42(51-39-9-8-37-7-6-34(30-67)22-36(31-68)23-35(24-39)25-43(37)51)58(64-28-33(2)69)77-76-32-65-48-27-38(17-21-63-48)45(53(41)56(62)60(73)74-47)29-66-49(70)14-15-50(66)71/h8-9,13-15,17,27,33-37,39-45,51,55,58,63-65,67-69H,3-5,10-12,16,18-26,28-32H2,1-2H3/b47-13-/t33-,34+,35-,36-,37+,39+,40-,41-,42+,43+,44-,45+,51-,55+,58-,62-/m0/s1. The first-order valence-electron chi connectivity index (χ1n) is 29.3. The van der Waals surface area contributed by atoms with Gasteiger partial charge in [-0.25, -0.2) is 9.59 Å². The summed E-state index contributed by atoms with van der Waals surface area (Å²) in [6, 6.07) is 0. The number of amides is 2. The van der Waals surface area contributed by atoms with Gasteiger partial charge in [0.25, 0.3) is 11.8 Å². The van der Waals surface area contributed by atoms with Gasteiger partial charge in [0.15, 0.2) is 0 Å². The number of hydrogen-bond acceptors (Lipinski definition) is 14. The molecule has 0 radical (unpaired) electrons. The maximum atomic E-state index is 15.7. The molecule has 16 atom stereocenters. The molecule has 0 unspecified atom stereocenters. The molecule has 0 aromatic carbocycles. The lowest BCUT2D eigenvalue weighted by Crippen LogP contribution is -2.55. The fraction of sp³-hybridized carbons (Fsp3) is 0.645. The van der Waals surface area contributed by atoms with E-state index in [1.165, 1.54) is 35.5 Å². The third-order valence-electron chi connectivity index (χ3n) is 21.4. The van der Waals surface area contributed by atoms with Crippen molar-refractivity contribution in [2.75, 3.05) is 38.7 Å². The smallest absolute Gasteiger partial charge is 0.340 e. The number of aliphatic hydroxyl groups is 3. The monoisotopic (exact) mass is 1080 g/mol. The lowest BCUT2D eigenvalue weighted by molar-refractivity contribution is -0.138. The Morgan fingerprint density at radius 3 is 2.51 bits per heavy atom. The van der Waals surface area contributed by atoms with Crippen molar-refractivity contribution >= 4 is 45.3 Å². The van der Waals surface area contributed by atoms with Gasteiger partial charge in [0.05, 0.1) is 40.8 Å². The van der Waals surface area contributed by atoms with Crippen LogP contribution in [0, 0.1) is 99.6 Å². The van der Waals surface area contributed by atoms with Crippen LogP contribution in [-0.2, 0) is 28.7 Å². The first-order valence-corrected chi connectivity index (χ1v) is 31.7. The molecule has 0 aromatic heterocycles. The highest BCUT2D eigenvalue weighted by Crippen LogP contribution is 2.73. The number of nitrogens with one attached hydrogen (secondary N) is 3. The average molecular weight is 1090 g/mol. The van der Waals surface area contributed by atoms with Crippen LogP contribution in [0.5, 0.6) is 0 Å². The molecule has 5 aliphatic heterocycles. The van der Waals surface area contributed by atoms with Crippen molar-refractivity contribution in [3.8, 4) is 11.8 Å². The SMILES string of the molecule is CCC1(C2=C3OC(=O)C4=C3[C@@H](CC2)C[C@H]2[C@@H]3CC[C@@]5(C6=C3[C@H](CN3C(=O)C=CC3=O)C3=CCNC(=C3)NCSS[C@H](NC[C@H](C)O)[C@@H]([C@H]3[C@@H]7C[C@H]8C[C@@H](CO)C[C@H](CO)C#C[C@@H]7C=C[C@@H]3C8)C/C=C/5OC6=O)[C@@H]42)CCCC1. The maximum Gasteiger partial charge on any atom is 0.340 e. The number of esters is 2. The van der Waals surface area contributed by atoms with Crippen molar-refractivity contribution < 1.29 is 44.0 Å². The zero-order valence-corrected chi connectivity index (χ0v) is 46.2. The number of carbonyl (C=O) groups excluding carboxylic acids is 4. The zero-order valence-electron chi connectivity index (χ0n) is 44.6. The summed E-state index contributed by atoms with van der Waals surface area (Å²) in [6.07, 6.45) is 27.0. The second-order valence-electron chi connectivity index (χ2n) is 25.2. The zero-order chi connectivity index (χ0) is 52.9. The molecule has 10 bridgehead atoms. The first-order chi connectivity index (χ1) is 37.4. The summed E-state index contributed by atoms with van der Waals surface area (Å²) in [4.78, 5) is 59.5. The van der Waals surface area contributed by atoms with Crippen molar-refractivity contribution in [1.82, 2.24) is 20.9 Å². The van der Waals surface area contributed by atoms with Crippen LogP contribution in [0.2, 0.25) is 0 Å². The number of aliphatic hydroxyl groups excluding tert-OH is 3. The molecule has 1 saturated heterocycles. The number of carbonyl (C=O) groups is 4. The highest BCUT2D eigenvalue weighted by atomic mass is 33.1. The van der Waals surface area contributed by atoms with E-state index < -0.39 is 23.4 Å². The molecule has 2 amide bonds. The van der Waals surface area contributed by atoms with Gasteiger partial charge in [-0.15, -0.1) is 0 Å². The highest BCUT2D eigenvalue weighted by molar-refractivity contribution is 8.76. The average Bonchev–Trinajstić information content (AvgIpc) is 4.33. The number of rotatable bonds is 10. The molecule has 410 valence electrons. The van der Waals surface area contributed by atoms with E-state index in [2.05, 4.69) is 65.1 Å². The van der Waals surface area contributed by atoms with E-state index in [1.54, 1.807) is 21.6 Å². The Morgan fingerprint density at radius 1 is 0.896 bits per heavy atom. The Morgan fingerprint density at radius 2 is 1.73 bits per heavy atom. The van der Waals surface area contributed by atoms with Crippen molar-refractivity contribution in [2.45, 2.75) is 122 Å². The van der Waals surface area contributed by atoms with Crippen LogP contribution in [-0.4, -0.2) is 94.2 Å². The van der Waals surface area contributed by atoms with Crippen molar-refractivity contribution in [3.05, 3.63) is 93.3 Å². The molecule has 14 rings (SSSR count). The molecular formula is C62H76N4O9S2. The van der Waals surface area contributed by atoms with Gasteiger partial charge >= 0.3 is 11.9 Å². The summed E-state index contributed by atoms with van der Waals surface area (Å²) in [6.45, 7) is 5.11. The number of ether oxygens (including phenoxy) is 2. The highest BCUT2D eigenvalue weighted by Gasteiger charge is 2.70. The van der Waals surface area contributed by atoms with Gasteiger partial charge in [0.1, 0.15) is 11.5 Å². The molecule has 5 heterocycles. The molecule has 1 spiro atoms. The Kier molecular flexibility index (Phi) is 14.0. The summed E-state index contributed by atoms with van der Waals surface area (Å²) >= 11 is 0. The van der Waals surface area contributed by atoms with Gasteiger partial charge in [-0.1, -0.05) is 71.4 Å². The predicted octanol–water partition coefficient (Wildman–Crippen LogP) is 7.87. The number of dihydropyridines is 1. The van der Waals surface area contributed by atoms with E-state index in [1.807, 2.05) is 6.92 Å². The summed E-state index contributed by atoms with van der Waals surface area (Å²) in [5.74, 6) is 8.46. The fourth-order valence-electron chi connectivity index (χ4n) is 18.3. The third-order valence-corrected chi connectivity index (χ3v) is 23.9. The number of fused-ring (bicyclic) bond motifs is 4. The predicted molar refractivity (Wildman–Crippen MR) is 294 cm³/mol. The molecule has 0 aromatic rings. The second kappa shape index (κ2) is 20.7. The van der Waals surface area contributed by atoms with Crippen LogP contribution in [0.4, 0.5) is 0 Å². The third kappa shape index (κ3) is 8.65. The Balaban J connectivity index is 1.00. The quantitative estimate of drug-likeness (QED) is 0.0408. The van der Waals surface area contributed by atoms with Crippen LogP contribution in [0.1, 0.15) is 110 Å². The van der Waals surface area contributed by atoms with Crippen LogP contribution in [0.15, 0.2) is 93.3 Å². The lowest BCUT2D eigenvalue weighted by Gasteiger charge is -2.58. The molecular weight excluding hydrogens is 1010 g/mol. The number of imide groups is 1. The number of nitrogens with zero attached hydrogens (tertiary/aromatic N) is 1. The number of hydrogen-bond donors (Lipinski definition) is 6. The van der Waals surface area contributed by atoms with E-state index in [4.69, 9.17) is 9.47 Å². The molecule has 77 heavy (non-hydrogen) atoms. The van der Waals surface area contributed by atoms with E-state index in [0.29, 0.717) is 55.5 Å². The van der Waals surface area contributed by atoms with Crippen LogP contribution >= 0.6 is 21.6 Å². The molecule has 9 aliphatic carbocycles. The first kappa shape index (κ1) is 52.1. The summed E-state index contributed by atoms with van der Waals surface area (Å²) < 4.78 is 13.7. The Hall–Kier alpha value is -4.30. The summed E-state index contributed by atoms with van der Waals surface area (Å²) in [5, 5.41) is 43.0. The van der Waals surface area contributed by atoms with E-state index in [0.717, 1.165) is 98.1 Å². The van der Waals surface area contributed by atoms with Gasteiger partial charge in [0.2, 0.25) is 0 Å². The van der Waals surface area contributed by atoms with E-state index >= 15 is 9.59 Å². The Labute approximate surface area is 461 Å². The van der Waals surface area contributed by atoms with Gasteiger partial charge in [0, 0.05) is 73.2 Å². The van der Waals surface area contributed by atoms with Gasteiger partial charge in [-0.3, -0.25) is 14.5 Å². The molecule has 15 heteroatoms. The van der Waals surface area contributed by atoms with Crippen LogP contribution in [0.25, 0.3) is 0 Å². The van der Waals surface area contributed by atoms with Crippen molar-refractivity contribution in [1.29, 1.82) is 0 Å². The Bertz CT molecular complexity index is 2810. The minimum Gasteiger partial charge on any atom is -0.427 e. The minimum absolute atomic E-state index is 0.0241. The molecule has 3 saturated carbocycles. The molecule has 4 fully saturated rings. The molecule has 6 N–H and O–H groups in total. The number of allylic oxidation sites excluding steroid dienone is 7. The van der Waals surface area contributed by atoms with Crippen molar-refractivity contribution in [2.24, 2.45) is 87.8 Å². The second-order valence-corrected chi connectivity index (χ2v) is 27.7. The van der Waals surface area contributed by atoms with Crippen molar-refractivity contribution in [3.63, 3.8) is 0 Å². The molecule has 13 nitrogen and oxygen atoms in total. The maximum absolute atomic E-state index is 15.7. The van der Waals surface area contributed by atoms with E-state index in [9.17, 15) is 24.9 Å². The summed E-state index contributed by atoms with van der Waals surface area (Å²) in [7, 11) is 3.48. The van der Waals surface area contributed by atoms with E-state index in [-0.39, 0.29) is 113 Å². The van der Waals surface area contributed by atoms with Gasteiger partial charge in [-0.2, -0.15) is 0 Å². The topological polar surface area (TPSA) is 187 Å². The van der Waals surface area contributed by atoms with Gasteiger partial charge in [-0.05, 0) is 178 Å². The van der Waals surface area contributed by atoms with Gasteiger partial charge < -0.3 is 40.7 Å². The molecule has 14 aliphatic rings. The van der Waals surface area contributed by atoms with Crippen LogP contribution in [0.3, 0.4) is 0 Å². The fourth-order valence-corrected chi connectivity index (χ4v) is 20.8. The lowest BCUT2D eigenvalue weighted by atomic mass is 9.42. The van der Waals surface area contributed by atoms with Crippen LogP contribution < -0.4 is 16.0 Å².